The van der Waals surface area contributed by atoms with E-state index >= 15 is 0 Å². The van der Waals surface area contributed by atoms with Crippen molar-refractivity contribution in [3.8, 4) is 0 Å². The average molecular weight is 160 g/mol. The molecular formula is C7H12O4. The molecule has 1 heterocycles. The van der Waals surface area contributed by atoms with Gasteiger partial charge in [0.2, 0.25) is 0 Å². The van der Waals surface area contributed by atoms with Gasteiger partial charge in [0.15, 0.2) is 0 Å². The summed E-state index contributed by atoms with van der Waals surface area (Å²) in [4.78, 5) is 9.84. The van der Waals surface area contributed by atoms with Crippen molar-refractivity contribution >= 4 is 5.97 Å². The van der Waals surface area contributed by atoms with Crippen molar-refractivity contribution in [2.24, 2.45) is 0 Å². The Morgan fingerprint density at radius 1 is 1.55 bits per heavy atom. The van der Waals surface area contributed by atoms with Gasteiger partial charge in [0.1, 0.15) is 6.79 Å². The van der Waals surface area contributed by atoms with E-state index in [1.165, 1.54) is 7.11 Å². The van der Waals surface area contributed by atoms with Crippen LogP contribution in [0.15, 0.2) is 12.7 Å². The smallest absolute Gasteiger partial charge is 0.329 e. The first-order valence-corrected chi connectivity index (χ1v) is 3.17. The highest BCUT2D eigenvalue weighted by molar-refractivity contribution is 5.80. The van der Waals surface area contributed by atoms with Crippen molar-refractivity contribution in [2.75, 3.05) is 27.1 Å². The van der Waals surface area contributed by atoms with Gasteiger partial charge in [0, 0.05) is 6.08 Å². The van der Waals surface area contributed by atoms with Gasteiger partial charge < -0.3 is 14.2 Å². The normalized spacial score (nSPS) is 14.6. The van der Waals surface area contributed by atoms with Crippen molar-refractivity contribution in [2.45, 2.75) is 0 Å². The fraction of sp³-hybridized carbons (Fsp3) is 0.571. The van der Waals surface area contributed by atoms with Crippen LogP contribution >= 0.6 is 0 Å². The zero-order valence-electron chi connectivity index (χ0n) is 6.54. The number of methoxy groups -OCH3 is 1. The van der Waals surface area contributed by atoms with E-state index in [1.54, 1.807) is 0 Å². The van der Waals surface area contributed by atoms with Gasteiger partial charge in [-0.1, -0.05) is 6.58 Å². The van der Waals surface area contributed by atoms with Crippen molar-refractivity contribution in [3.63, 3.8) is 0 Å². The first-order chi connectivity index (χ1) is 5.31. The van der Waals surface area contributed by atoms with Crippen LogP contribution in [0, 0.1) is 0 Å². The van der Waals surface area contributed by atoms with Gasteiger partial charge in [-0.05, 0) is 0 Å². The maximum Gasteiger partial charge on any atom is 0.329 e. The highest BCUT2D eigenvalue weighted by Gasteiger charge is 1.93. The highest BCUT2D eigenvalue weighted by Crippen LogP contribution is 1.85. The van der Waals surface area contributed by atoms with E-state index in [1.807, 2.05) is 0 Å². The second-order valence-corrected chi connectivity index (χ2v) is 1.66. The summed E-state index contributed by atoms with van der Waals surface area (Å²) >= 11 is 0. The van der Waals surface area contributed by atoms with Crippen LogP contribution in [0.2, 0.25) is 0 Å². The summed E-state index contributed by atoms with van der Waals surface area (Å²) in [6.07, 6.45) is 1.11. The Labute approximate surface area is 65.7 Å². The van der Waals surface area contributed by atoms with Crippen molar-refractivity contribution in [3.05, 3.63) is 12.7 Å². The number of hydrogen-bond donors (Lipinski definition) is 0. The van der Waals surface area contributed by atoms with Crippen LogP contribution in [0.5, 0.6) is 0 Å². The summed E-state index contributed by atoms with van der Waals surface area (Å²) in [7, 11) is 1.31. The Balaban J connectivity index is 0.000000183. The molecule has 0 aromatic carbocycles. The molecule has 0 saturated carbocycles. The van der Waals surface area contributed by atoms with Gasteiger partial charge in [-0.25, -0.2) is 4.79 Å². The minimum atomic E-state index is -0.394. The maximum absolute atomic E-state index is 9.84. The first-order valence-electron chi connectivity index (χ1n) is 3.17. The Morgan fingerprint density at radius 2 is 2.09 bits per heavy atom. The Kier molecular flexibility index (Phi) is 6.67. The van der Waals surface area contributed by atoms with E-state index in [0.29, 0.717) is 6.79 Å². The Morgan fingerprint density at radius 3 is 2.18 bits per heavy atom. The predicted octanol–water partition coefficient (Wildman–Crippen LogP) is 0.336. The van der Waals surface area contributed by atoms with E-state index in [0.717, 1.165) is 19.3 Å². The molecule has 4 heteroatoms. The van der Waals surface area contributed by atoms with Crippen molar-refractivity contribution in [1.82, 2.24) is 0 Å². The fourth-order valence-electron chi connectivity index (χ4n) is 0.378. The molecule has 0 aliphatic carbocycles. The molecule has 0 radical (unpaired) electrons. The topological polar surface area (TPSA) is 44.8 Å². The lowest BCUT2D eigenvalue weighted by atomic mass is 10.7. The van der Waals surface area contributed by atoms with E-state index in [2.05, 4.69) is 11.3 Å². The number of carbonyl (C=O) groups is 1. The van der Waals surface area contributed by atoms with Crippen LogP contribution in [0.4, 0.5) is 0 Å². The molecule has 0 bridgehead atoms. The number of rotatable bonds is 1. The SMILES string of the molecule is C1COCO1.C=CC(=O)OC. The second-order valence-electron chi connectivity index (χ2n) is 1.66. The third kappa shape index (κ3) is 7.02. The molecule has 0 atom stereocenters. The number of carbonyl (C=O) groups excluding carboxylic acids is 1. The molecule has 0 aromatic heterocycles. The van der Waals surface area contributed by atoms with Gasteiger partial charge in [-0.3, -0.25) is 0 Å². The molecule has 64 valence electrons. The zero-order chi connectivity index (χ0) is 8.53. The highest BCUT2D eigenvalue weighted by atomic mass is 16.7. The molecule has 1 fully saturated rings. The van der Waals surface area contributed by atoms with Crippen LogP contribution < -0.4 is 0 Å². The van der Waals surface area contributed by atoms with E-state index < -0.39 is 5.97 Å². The van der Waals surface area contributed by atoms with Gasteiger partial charge in [-0.2, -0.15) is 0 Å². The molecule has 0 spiro atoms. The monoisotopic (exact) mass is 160 g/mol. The molecule has 0 N–H and O–H groups in total. The standard InChI is InChI=1S/C4H6O2.C3H6O2/c1-3-4(5)6-2;1-2-5-3-4-1/h3H,1H2,2H3;1-3H2. The Hall–Kier alpha value is -0.870. The molecule has 1 aliphatic rings. The lowest BCUT2D eigenvalue weighted by Gasteiger charge is -1.83. The third-order valence-electron chi connectivity index (χ3n) is 0.907. The summed E-state index contributed by atoms with van der Waals surface area (Å²) in [5.41, 5.74) is 0. The fourth-order valence-corrected chi connectivity index (χ4v) is 0.378. The molecule has 11 heavy (non-hydrogen) atoms. The minimum Gasteiger partial charge on any atom is -0.466 e. The molecule has 1 saturated heterocycles. The van der Waals surface area contributed by atoms with E-state index in [4.69, 9.17) is 9.47 Å². The molecule has 4 nitrogen and oxygen atoms in total. The molecular weight excluding hydrogens is 148 g/mol. The predicted molar refractivity (Wildman–Crippen MR) is 39.0 cm³/mol. The van der Waals surface area contributed by atoms with Gasteiger partial charge in [-0.15, -0.1) is 0 Å². The summed E-state index contributed by atoms with van der Waals surface area (Å²) in [6, 6.07) is 0. The third-order valence-corrected chi connectivity index (χ3v) is 0.907. The number of hydrogen-bond acceptors (Lipinski definition) is 4. The largest absolute Gasteiger partial charge is 0.466 e. The molecule has 0 aromatic rings. The van der Waals surface area contributed by atoms with Crippen molar-refractivity contribution < 1.29 is 19.0 Å². The summed E-state index contributed by atoms with van der Waals surface area (Å²) in [6.45, 7) is 5.21. The average Bonchev–Trinajstić information content (AvgIpc) is 2.60. The van der Waals surface area contributed by atoms with Crippen LogP contribution in [-0.2, 0) is 19.0 Å². The summed E-state index contributed by atoms with van der Waals surface area (Å²) in [5, 5.41) is 0. The second kappa shape index (κ2) is 7.24. The molecule has 0 unspecified atom stereocenters. The maximum atomic E-state index is 9.84. The van der Waals surface area contributed by atoms with E-state index in [-0.39, 0.29) is 0 Å². The van der Waals surface area contributed by atoms with E-state index in [9.17, 15) is 4.79 Å². The quantitative estimate of drug-likeness (QED) is 0.409. The van der Waals surface area contributed by atoms with Gasteiger partial charge in [0.05, 0.1) is 20.3 Å². The van der Waals surface area contributed by atoms with Gasteiger partial charge in [0.25, 0.3) is 0 Å². The lowest BCUT2D eigenvalue weighted by molar-refractivity contribution is -0.134. The van der Waals surface area contributed by atoms with Gasteiger partial charge >= 0.3 is 5.97 Å². The minimum absolute atomic E-state index is 0.394. The summed E-state index contributed by atoms with van der Waals surface area (Å²) < 4.78 is 13.6. The molecule has 0 amide bonds. The molecule has 1 rings (SSSR count). The first kappa shape index (κ1) is 10.1. The lowest BCUT2D eigenvalue weighted by Crippen LogP contribution is -1.91. The van der Waals surface area contributed by atoms with Crippen LogP contribution in [0.1, 0.15) is 0 Å². The van der Waals surface area contributed by atoms with Crippen molar-refractivity contribution in [1.29, 1.82) is 0 Å². The number of esters is 1. The Bertz CT molecular complexity index is 110. The van der Waals surface area contributed by atoms with Crippen LogP contribution in [0.25, 0.3) is 0 Å². The summed E-state index contributed by atoms with van der Waals surface area (Å²) in [5.74, 6) is -0.394. The van der Waals surface area contributed by atoms with Crippen LogP contribution in [0.3, 0.4) is 0 Å². The number of ether oxygens (including phenoxy) is 3. The van der Waals surface area contributed by atoms with Crippen LogP contribution in [-0.4, -0.2) is 33.1 Å². The zero-order valence-corrected chi connectivity index (χ0v) is 6.54. The molecule has 1 aliphatic heterocycles.